The van der Waals surface area contributed by atoms with Gasteiger partial charge in [-0.1, -0.05) is 6.07 Å². The van der Waals surface area contributed by atoms with Gasteiger partial charge in [0.15, 0.2) is 0 Å². The van der Waals surface area contributed by atoms with E-state index >= 15 is 0 Å². The van der Waals surface area contributed by atoms with Crippen LogP contribution in [-0.4, -0.2) is 16.7 Å². The minimum atomic E-state index is -0.235. The van der Waals surface area contributed by atoms with Crippen LogP contribution in [0, 0.1) is 19.7 Å². The highest BCUT2D eigenvalue weighted by atomic mass is 19.1. The summed E-state index contributed by atoms with van der Waals surface area (Å²) in [5.74, 6) is -0.230. The van der Waals surface area contributed by atoms with Crippen molar-refractivity contribution in [2.75, 3.05) is 0 Å². The molecule has 1 aromatic carbocycles. The van der Waals surface area contributed by atoms with E-state index in [1.807, 2.05) is 19.9 Å². The lowest BCUT2D eigenvalue weighted by Crippen LogP contribution is -2.24. The van der Waals surface area contributed by atoms with E-state index < -0.39 is 0 Å². The van der Waals surface area contributed by atoms with Crippen molar-refractivity contribution in [2.45, 2.75) is 32.6 Å². The minimum absolute atomic E-state index is 0.0883. The maximum absolute atomic E-state index is 13.7. The molecule has 5 nitrogen and oxygen atoms in total. The number of benzene rings is 1. The number of guanidine groups is 1. The van der Waals surface area contributed by atoms with Gasteiger partial charge in [-0.15, -0.1) is 5.10 Å². The topological polar surface area (TPSA) is 89.6 Å². The third-order valence-electron chi connectivity index (χ3n) is 4.37. The van der Waals surface area contributed by atoms with E-state index in [9.17, 15) is 4.39 Å². The van der Waals surface area contributed by atoms with Gasteiger partial charge in [0, 0.05) is 11.8 Å². The summed E-state index contributed by atoms with van der Waals surface area (Å²) in [6.45, 7) is 4.00. The molecule has 0 saturated heterocycles. The number of rotatable bonds is 2. The Labute approximate surface area is 140 Å². The molecule has 0 spiro atoms. The summed E-state index contributed by atoms with van der Waals surface area (Å²) in [4.78, 5) is 4.50. The lowest BCUT2D eigenvalue weighted by atomic mass is 9.79. The molecule has 4 N–H and O–H groups in total. The lowest BCUT2D eigenvalue weighted by molar-refractivity contribution is 0.612. The van der Waals surface area contributed by atoms with Gasteiger partial charge in [-0.05, 0) is 67.5 Å². The molecule has 6 heteroatoms. The number of aryl methyl sites for hydroxylation is 2. The summed E-state index contributed by atoms with van der Waals surface area (Å²) in [6, 6.07) is 6.82. The van der Waals surface area contributed by atoms with Crippen molar-refractivity contribution in [1.82, 2.24) is 4.98 Å². The molecule has 3 rings (SSSR count). The van der Waals surface area contributed by atoms with Gasteiger partial charge in [0.2, 0.25) is 5.96 Å². The van der Waals surface area contributed by atoms with E-state index in [0.717, 1.165) is 40.1 Å². The van der Waals surface area contributed by atoms with Gasteiger partial charge in [-0.2, -0.15) is 5.10 Å². The first-order valence-electron chi connectivity index (χ1n) is 7.82. The van der Waals surface area contributed by atoms with Crippen molar-refractivity contribution >= 4 is 11.7 Å². The number of hydrogen-bond acceptors (Lipinski definition) is 3. The Morgan fingerprint density at radius 2 is 1.96 bits per heavy atom. The molecule has 1 atom stereocenters. The molecule has 1 aliphatic rings. The molecule has 2 aromatic rings. The zero-order valence-electron chi connectivity index (χ0n) is 13.8. The second-order valence-electron chi connectivity index (χ2n) is 6.13. The largest absolute Gasteiger partial charge is 0.369 e. The number of halogens is 1. The highest BCUT2D eigenvalue weighted by Gasteiger charge is 2.28. The molecule has 1 unspecified atom stereocenters. The van der Waals surface area contributed by atoms with Crippen LogP contribution in [0.1, 0.15) is 40.3 Å². The quantitative estimate of drug-likeness (QED) is 0.505. The van der Waals surface area contributed by atoms with E-state index in [2.05, 4.69) is 15.2 Å². The Balaban J connectivity index is 2.10. The summed E-state index contributed by atoms with van der Waals surface area (Å²) in [6.07, 6.45) is 3.16. The molecule has 24 heavy (non-hydrogen) atoms. The van der Waals surface area contributed by atoms with Gasteiger partial charge in [0.05, 0.1) is 11.4 Å². The van der Waals surface area contributed by atoms with E-state index in [4.69, 9.17) is 11.5 Å². The van der Waals surface area contributed by atoms with E-state index in [1.54, 1.807) is 18.3 Å². The SMILES string of the molecule is Cc1ccc(F)cc1C1C/C(=N/N=C(N)N)c2c(C)ccnc2C1. The molecule has 0 saturated carbocycles. The normalized spacial score (nSPS) is 18.3. The van der Waals surface area contributed by atoms with Crippen LogP contribution in [0.5, 0.6) is 0 Å². The molecule has 1 aromatic heterocycles. The van der Waals surface area contributed by atoms with Gasteiger partial charge >= 0.3 is 0 Å². The van der Waals surface area contributed by atoms with Crippen LogP contribution in [0.15, 0.2) is 40.7 Å². The van der Waals surface area contributed by atoms with Crippen molar-refractivity contribution in [2.24, 2.45) is 21.7 Å². The second-order valence-corrected chi connectivity index (χ2v) is 6.13. The third-order valence-corrected chi connectivity index (χ3v) is 4.37. The maximum Gasteiger partial charge on any atom is 0.211 e. The molecular weight excluding hydrogens is 305 g/mol. The number of aromatic nitrogens is 1. The minimum Gasteiger partial charge on any atom is -0.369 e. The Kier molecular flexibility index (Phi) is 4.29. The Morgan fingerprint density at radius 1 is 1.17 bits per heavy atom. The lowest BCUT2D eigenvalue weighted by Gasteiger charge is -2.27. The van der Waals surface area contributed by atoms with Crippen molar-refractivity contribution in [3.8, 4) is 0 Å². The molecule has 1 heterocycles. The fourth-order valence-electron chi connectivity index (χ4n) is 3.28. The molecule has 0 amide bonds. The standard InChI is InChI=1S/C18H20FN5/c1-10-3-4-13(19)9-14(10)12-7-15-17(11(2)5-6-22-15)16(8-12)23-24-18(20)21/h3-6,9,12H,7-8H2,1-2H3,(H4,20,21,24)/b23-16-. The number of hydrogen-bond donors (Lipinski definition) is 2. The van der Waals surface area contributed by atoms with Crippen LogP contribution in [0.4, 0.5) is 4.39 Å². The molecule has 124 valence electrons. The van der Waals surface area contributed by atoms with Crippen LogP contribution in [-0.2, 0) is 6.42 Å². The number of nitrogens with zero attached hydrogens (tertiary/aromatic N) is 3. The zero-order chi connectivity index (χ0) is 17.3. The predicted molar refractivity (Wildman–Crippen MR) is 93.5 cm³/mol. The van der Waals surface area contributed by atoms with Gasteiger partial charge in [0.1, 0.15) is 5.82 Å². The van der Waals surface area contributed by atoms with Crippen LogP contribution >= 0.6 is 0 Å². The fraction of sp³-hybridized carbons (Fsp3) is 0.278. The highest BCUT2D eigenvalue weighted by molar-refractivity contribution is 6.04. The average molecular weight is 325 g/mol. The number of fused-ring (bicyclic) bond motifs is 1. The predicted octanol–water partition coefficient (Wildman–Crippen LogP) is 2.55. The Morgan fingerprint density at radius 3 is 2.71 bits per heavy atom. The van der Waals surface area contributed by atoms with Crippen LogP contribution < -0.4 is 11.5 Å². The average Bonchev–Trinajstić information content (AvgIpc) is 2.54. The van der Waals surface area contributed by atoms with E-state index in [-0.39, 0.29) is 17.7 Å². The van der Waals surface area contributed by atoms with E-state index in [1.165, 1.54) is 6.07 Å². The summed E-state index contributed by atoms with van der Waals surface area (Å²) in [7, 11) is 0. The Bertz CT molecular complexity index is 837. The molecule has 0 bridgehead atoms. The first-order valence-corrected chi connectivity index (χ1v) is 7.82. The van der Waals surface area contributed by atoms with E-state index in [0.29, 0.717) is 6.42 Å². The maximum atomic E-state index is 13.7. The van der Waals surface area contributed by atoms with Gasteiger partial charge in [0.25, 0.3) is 0 Å². The van der Waals surface area contributed by atoms with Crippen LogP contribution in [0.3, 0.4) is 0 Å². The molecular formula is C18H20FN5. The van der Waals surface area contributed by atoms with Crippen molar-refractivity contribution in [1.29, 1.82) is 0 Å². The second kappa shape index (κ2) is 6.39. The zero-order valence-corrected chi connectivity index (χ0v) is 13.8. The van der Waals surface area contributed by atoms with Gasteiger partial charge in [-0.25, -0.2) is 4.39 Å². The monoisotopic (exact) mass is 325 g/mol. The van der Waals surface area contributed by atoms with Crippen molar-refractivity contribution < 1.29 is 4.39 Å². The summed E-state index contributed by atoms with van der Waals surface area (Å²) in [5, 5.41) is 8.05. The number of pyridine rings is 1. The summed E-state index contributed by atoms with van der Waals surface area (Å²) < 4.78 is 13.7. The van der Waals surface area contributed by atoms with Gasteiger partial charge < -0.3 is 11.5 Å². The molecule has 1 aliphatic carbocycles. The first-order chi connectivity index (χ1) is 11.5. The highest BCUT2D eigenvalue weighted by Crippen LogP contribution is 2.35. The summed E-state index contributed by atoms with van der Waals surface area (Å²) >= 11 is 0. The molecule has 0 fully saturated rings. The molecule has 0 aliphatic heterocycles. The van der Waals surface area contributed by atoms with Crippen LogP contribution in [0.2, 0.25) is 0 Å². The third kappa shape index (κ3) is 3.13. The summed E-state index contributed by atoms with van der Waals surface area (Å²) in [5.41, 5.74) is 16.7. The number of nitrogens with two attached hydrogens (primary N) is 2. The fourth-order valence-corrected chi connectivity index (χ4v) is 3.28. The first kappa shape index (κ1) is 16.1. The van der Waals surface area contributed by atoms with Gasteiger partial charge in [-0.3, -0.25) is 4.98 Å². The van der Waals surface area contributed by atoms with Crippen molar-refractivity contribution in [3.63, 3.8) is 0 Å². The van der Waals surface area contributed by atoms with Crippen molar-refractivity contribution in [3.05, 3.63) is 64.2 Å². The smallest absolute Gasteiger partial charge is 0.211 e. The Hall–Kier alpha value is -2.76. The molecule has 0 radical (unpaired) electrons. The van der Waals surface area contributed by atoms with Crippen LogP contribution in [0.25, 0.3) is 0 Å².